The largest absolute Gasteiger partial charge is 0.507 e. The molecule has 0 saturated carbocycles. The fraction of sp³-hybridized carbons (Fsp3) is 0.235. The molecule has 3 heteroatoms. The molecule has 2 N–H and O–H groups in total. The van der Waals surface area contributed by atoms with Crippen LogP contribution in [0.4, 0.5) is 0 Å². The van der Waals surface area contributed by atoms with Crippen molar-refractivity contribution in [3.8, 4) is 28.7 Å². The third kappa shape index (κ3) is 2.60. The summed E-state index contributed by atoms with van der Waals surface area (Å²) < 4.78 is 0. The second-order valence-electron chi connectivity index (χ2n) is 4.73. The SMILES string of the molecule is CCCCc1ccc(O)c(-c2ccccc2O)c1C#N. The number of para-hydroxylation sites is 1. The summed E-state index contributed by atoms with van der Waals surface area (Å²) in [6, 6.07) is 12.3. The number of phenolic OH excluding ortho intramolecular Hbond substituents is 2. The van der Waals surface area contributed by atoms with Crippen LogP contribution in [0.1, 0.15) is 30.9 Å². The maximum absolute atomic E-state index is 10.1. The zero-order chi connectivity index (χ0) is 14.5. The highest BCUT2D eigenvalue weighted by Gasteiger charge is 2.16. The smallest absolute Gasteiger partial charge is 0.124 e. The third-order valence-electron chi connectivity index (χ3n) is 3.35. The second-order valence-corrected chi connectivity index (χ2v) is 4.73. The van der Waals surface area contributed by atoms with Gasteiger partial charge < -0.3 is 10.2 Å². The van der Waals surface area contributed by atoms with Gasteiger partial charge in [-0.3, -0.25) is 0 Å². The Morgan fingerprint density at radius 2 is 1.80 bits per heavy atom. The predicted molar refractivity (Wildman–Crippen MR) is 78.5 cm³/mol. The minimum Gasteiger partial charge on any atom is -0.507 e. The van der Waals surface area contributed by atoms with E-state index in [-0.39, 0.29) is 11.5 Å². The Morgan fingerprint density at radius 3 is 2.45 bits per heavy atom. The molecule has 0 bridgehead atoms. The molecule has 2 aromatic carbocycles. The number of nitrogens with zero attached hydrogens (tertiary/aromatic N) is 1. The lowest BCUT2D eigenvalue weighted by atomic mass is 9.92. The van der Waals surface area contributed by atoms with Crippen LogP contribution in [-0.4, -0.2) is 10.2 Å². The van der Waals surface area contributed by atoms with E-state index in [1.54, 1.807) is 36.4 Å². The lowest BCUT2D eigenvalue weighted by molar-refractivity contribution is 0.469. The topological polar surface area (TPSA) is 64.2 Å². The van der Waals surface area contributed by atoms with Crippen LogP contribution in [0.5, 0.6) is 11.5 Å². The zero-order valence-corrected chi connectivity index (χ0v) is 11.4. The Bertz CT molecular complexity index is 657. The van der Waals surface area contributed by atoms with E-state index >= 15 is 0 Å². The average molecular weight is 267 g/mol. The summed E-state index contributed by atoms with van der Waals surface area (Å²) in [5, 5.41) is 29.5. The molecule has 0 aliphatic heterocycles. The molecule has 2 aromatic rings. The number of hydrogen-bond donors (Lipinski definition) is 2. The lowest BCUT2D eigenvalue weighted by Crippen LogP contribution is -1.95. The molecule has 0 radical (unpaired) electrons. The molecular formula is C17H17NO2. The highest BCUT2D eigenvalue weighted by molar-refractivity contribution is 5.81. The quantitative estimate of drug-likeness (QED) is 0.880. The van der Waals surface area contributed by atoms with Crippen LogP contribution in [0, 0.1) is 11.3 Å². The Morgan fingerprint density at radius 1 is 1.05 bits per heavy atom. The van der Waals surface area contributed by atoms with Gasteiger partial charge in [0.25, 0.3) is 0 Å². The molecule has 0 fully saturated rings. The van der Waals surface area contributed by atoms with E-state index in [9.17, 15) is 15.5 Å². The second kappa shape index (κ2) is 6.12. The third-order valence-corrected chi connectivity index (χ3v) is 3.35. The molecule has 20 heavy (non-hydrogen) atoms. The van der Waals surface area contributed by atoms with Crippen molar-refractivity contribution >= 4 is 0 Å². The molecule has 0 spiro atoms. The van der Waals surface area contributed by atoms with Crippen molar-refractivity contribution in [1.82, 2.24) is 0 Å². The highest BCUT2D eigenvalue weighted by Crippen LogP contribution is 2.39. The van der Waals surface area contributed by atoms with E-state index in [0.29, 0.717) is 16.7 Å². The molecule has 0 heterocycles. The Labute approximate surface area is 118 Å². The molecule has 102 valence electrons. The summed E-state index contributed by atoms with van der Waals surface area (Å²) in [4.78, 5) is 0. The summed E-state index contributed by atoms with van der Waals surface area (Å²) in [5.74, 6) is 0.0789. The minimum absolute atomic E-state index is 0.0169. The first kappa shape index (κ1) is 14.0. The minimum atomic E-state index is 0.0169. The van der Waals surface area contributed by atoms with Crippen molar-refractivity contribution in [3.63, 3.8) is 0 Å². The first-order valence-corrected chi connectivity index (χ1v) is 6.72. The van der Waals surface area contributed by atoms with Crippen LogP contribution in [0.2, 0.25) is 0 Å². The molecule has 0 atom stereocenters. The summed E-state index contributed by atoms with van der Waals surface area (Å²) in [6.07, 6.45) is 2.82. The van der Waals surface area contributed by atoms with Crippen LogP contribution < -0.4 is 0 Å². The number of aryl methyl sites for hydroxylation is 1. The van der Waals surface area contributed by atoms with E-state index < -0.39 is 0 Å². The predicted octanol–water partition coefficient (Wildman–Crippen LogP) is 3.98. The number of hydrogen-bond acceptors (Lipinski definition) is 3. The van der Waals surface area contributed by atoms with Crippen molar-refractivity contribution < 1.29 is 10.2 Å². The summed E-state index contributed by atoms with van der Waals surface area (Å²) in [6.45, 7) is 2.09. The average Bonchev–Trinajstić information content (AvgIpc) is 2.46. The molecule has 0 saturated heterocycles. The Balaban J connectivity index is 2.63. The number of rotatable bonds is 4. The van der Waals surface area contributed by atoms with E-state index in [1.807, 2.05) is 0 Å². The first-order valence-electron chi connectivity index (χ1n) is 6.72. The lowest BCUT2D eigenvalue weighted by Gasteiger charge is -2.12. The molecule has 2 rings (SSSR count). The van der Waals surface area contributed by atoms with Crippen LogP contribution in [0.25, 0.3) is 11.1 Å². The van der Waals surface area contributed by atoms with Crippen molar-refractivity contribution in [2.45, 2.75) is 26.2 Å². The fourth-order valence-corrected chi connectivity index (χ4v) is 2.30. The number of unbranched alkanes of at least 4 members (excludes halogenated alkanes) is 1. The first-order chi connectivity index (χ1) is 9.69. The number of phenols is 2. The highest BCUT2D eigenvalue weighted by atomic mass is 16.3. The van der Waals surface area contributed by atoms with Crippen LogP contribution in [-0.2, 0) is 6.42 Å². The molecule has 0 unspecified atom stereocenters. The van der Waals surface area contributed by atoms with E-state index in [2.05, 4.69) is 13.0 Å². The van der Waals surface area contributed by atoms with E-state index in [4.69, 9.17) is 0 Å². The van der Waals surface area contributed by atoms with Gasteiger partial charge in [-0.05, 0) is 30.5 Å². The van der Waals surface area contributed by atoms with Gasteiger partial charge in [0.05, 0.1) is 5.56 Å². The molecular weight excluding hydrogens is 250 g/mol. The van der Waals surface area contributed by atoms with Gasteiger partial charge in [0.2, 0.25) is 0 Å². The molecule has 0 aliphatic carbocycles. The van der Waals surface area contributed by atoms with Gasteiger partial charge in [-0.25, -0.2) is 0 Å². The van der Waals surface area contributed by atoms with E-state index in [0.717, 1.165) is 24.8 Å². The Hall–Kier alpha value is -2.47. The standard InChI is InChI=1S/C17H17NO2/c1-2-3-6-12-9-10-16(20)17(14(12)11-18)13-7-4-5-8-15(13)19/h4-5,7-10,19-20H,2-3,6H2,1H3. The Kier molecular flexibility index (Phi) is 4.27. The molecule has 3 nitrogen and oxygen atoms in total. The maximum atomic E-state index is 10.1. The van der Waals surface area contributed by atoms with Gasteiger partial charge in [0, 0.05) is 11.1 Å². The van der Waals surface area contributed by atoms with Crippen molar-refractivity contribution in [2.24, 2.45) is 0 Å². The van der Waals surface area contributed by atoms with Crippen molar-refractivity contribution in [3.05, 3.63) is 47.5 Å². The summed E-state index contributed by atoms with van der Waals surface area (Å²) >= 11 is 0. The maximum Gasteiger partial charge on any atom is 0.124 e. The number of aromatic hydroxyl groups is 2. The van der Waals surface area contributed by atoms with Crippen LogP contribution in [0.15, 0.2) is 36.4 Å². The van der Waals surface area contributed by atoms with Gasteiger partial charge in [0.1, 0.15) is 17.6 Å². The van der Waals surface area contributed by atoms with Gasteiger partial charge >= 0.3 is 0 Å². The molecule has 0 aromatic heterocycles. The van der Waals surface area contributed by atoms with E-state index in [1.165, 1.54) is 0 Å². The molecule has 0 aliphatic rings. The van der Waals surface area contributed by atoms with Crippen molar-refractivity contribution in [2.75, 3.05) is 0 Å². The van der Waals surface area contributed by atoms with Gasteiger partial charge in [-0.1, -0.05) is 37.6 Å². The van der Waals surface area contributed by atoms with Gasteiger partial charge in [0.15, 0.2) is 0 Å². The van der Waals surface area contributed by atoms with Gasteiger partial charge in [-0.2, -0.15) is 5.26 Å². The summed E-state index contributed by atoms with van der Waals surface area (Å²) in [7, 11) is 0. The number of benzene rings is 2. The van der Waals surface area contributed by atoms with Crippen molar-refractivity contribution in [1.29, 1.82) is 5.26 Å². The summed E-state index contributed by atoms with van der Waals surface area (Å²) in [5.41, 5.74) is 2.25. The normalized spacial score (nSPS) is 10.2. The van der Waals surface area contributed by atoms with Gasteiger partial charge in [-0.15, -0.1) is 0 Å². The zero-order valence-electron chi connectivity index (χ0n) is 11.4. The molecule has 0 amide bonds. The van der Waals surface area contributed by atoms with Crippen LogP contribution in [0.3, 0.4) is 0 Å². The monoisotopic (exact) mass is 267 g/mol. The number of nitriles is 1. The van der Waals surface area contributed by atoms with Crippen LogP contribution >= 0.6 is 0 Å². The fourth-order valence-electron chi connectivity index (χ4n) is 2.30.